The summed E-state index contributed by atoms with van der Waals surface area (Å²) in [5.74, 6) is 1.19. The minimum absolute atomic E-state index is 0.564. The van der Waals surface area contributed by atoms with Crippen molar-refractivity contribution < 1.29 is 4.52 Å². The summed E-state index contributed by atoms with van der Waals surface area (Å²) in [7, 11) is 0. The van der Waals surface area contributed by atoms with Gasteiger partial charge in [-0.05, 0) is 25.5 Å². The molecule has 2 aromatic carbocycles. The summed E-state index contributed by atoms with van der Waals surface area (Å²) in [5.41, 5.74) is 4.29. The van der Waals surface area contributed by atoms with Crippen LogP contribution in [0.1, 0.15) is 11.1 Å². The van der Waals surface area contributed by atoms with Crippen LogP contribution in [0.4, 0.5) is 0 Å². The lowest BCUT2D eigenvalue weighted by atomic mass is 10.1. The van der Waals surface area contributed by atoms with Crippen molar-refractivity contribution in [2.75, 3.05) is 0 Å². The summed E-state index contributed by atoms with van der Waals surface area (Å²) in [6.07, 6.45) is 0. The van der Waals surface area contributed by atoms with Gasteiger partial charge in [-0.15, -0.1) is 0 Å². The van der Waals surface area contributed by atoms with Crippen LogP contribution < -0.4 is 0 Å². The molecule has 0 bridgehead atoms. The van der Waals surface area contributed by atoms with E-state index in [1.165, 1.54) is 5.56 Å². The molecular formula is C16H14N2O. The number of aromatic nitrogens is 2. The highest BCUT2D eigenvalue weighted by atomic mass is 16.5. The molecule has 3 nitrogen and oxygen atoms in total. The lowest BCUT2D eigenvalue weighted by Gasteiger charge is -1.98. The van der Waals surface area contributed by atoms with Gasteiger partial charge >= 0.3 is 0 Å². The summed E-state index contributed by atoms with van der Waals surface area (Å²) in [6.45, 7) is 4.09. The van der Waals surface area contributed by atoms with Crippen molar-refractivity contribution >= 4 is 0 Å². The standard InChI is InChI=1S/C16H14N2O/c1-11-7-9-13(10-8-11)15-17-16(19-18-15)14-6-4-3-5-12(14)2/h3-10H,1-2H3. The van der Waals surface area contributed by atoms with E-state index in [4.69, 9.17) is 4.52 Å². The van der Waals surface area contributed by atoms with Crippen molar-refractivity contribution in [1.29, 1.82) is 0 Å². The Morgan fingerprint density at radius 3 is 2.37 bits per heavy atom. The van der Waals surface area contributed by atoms with Gasteiger partial charge in [0.15, 0.2) is 0 Å². The average molecular weight is 250 g/mol. The summed E-state index contributed by atoms with van der Waals surface area (Å²) in [5, 5.41) is 4.05. The maximum absolute atomic E-state index is 5.36. The molecular weight excluding hydrogens is 236 g/mol. The Bertz CT molecular complexity index is 699. The van der Waals surface area contributed by atoms with Crippen LogP contribution >= 0.6 is 0 Å². The molecule has 0 atom stereocenters. The Morgan fingerprint density at radius 2 is 1.63 bits per heavy atom. The van der Waals surface area contributed by atoms with Crippen LogP contribution in [0.5, 0.6) is 0 Å². The van der Waals surface area contributed by atoms with Crippen molar-refractivity contribution in [1.82, 2.24) is 10.1 Å². The van der Waals surface area contributed by atoms with E-state index in [1.54, 1.807) is 0 Å². The fraction of sp³-hybridized carbons (Fsp3) is 0.125. The molecule has 0 unspecified atom stereocenters. The molecule has 0 saturated heterocycles. The summed E-state index contributed by atoms with van der Waals surface area (Å²) < 4.78 is 5.36. The van der Waals surface area contributed by atoms with Gasteiger partial charge in [-0.3, -0.25) is 0 Å². The first-order valence-electron chi connectivity index (χ1n) is 6.21. The fourth-order valence-corrected chi connectivity index (χ4v) is 1.97. The molecule has 0 N–H and O–H groups in total. The Hall–Kier alpha value is -2.42. The zero-order chi connectivity index (χ0) is 13.2. The van der Waals surface area contributed by atoms with Gasteiger partial charge in [0.25, 0.3) is 5.89 Å². The second-order valence-corrected chi connectivity index (χ2v) is 4.60. The molecule has 0 saturated carbocycles. The van der Waals surface area contributed by atoms with E-state index >= 15 is 0 Å². The van der Waals surface area contributed by atoms with Crippen LogP contribution in [-0.4, -0.2) is 10.1 Å². The zero-order valence-corrected chi connectivity index (χ0v) is 10.9. The Balaban J connectivity index is 2.00. The smallest absolute Gasteiger partial charge is 0.258 e. The molecule has 0 aliphatic carbocycles. The molecule has 0 fully saturated rings. The van der Waals surface area contributed by atoms with Gasteiger partial charge < -0.3 is 4.52 Å². The lowest BCUT2D eigenvalue weighted by Crippen LogP contribution is -1.83. The van der Waals surface area contributed by atoms with Gasteiger partial charge in [-0.25, -0.2) is 0 Å². The van der Waals surface area contributed by atoms with Gasteiger partial charge in [0, 0.05) is 11.1 Å². The van der Waals surface area contributed by atoms with E-state index in [1.807, 2.05) is 55.5 Å². The highest BCUT2D eigenvalue weighted by molar-refractivity contribution is 5.62. The van der Waals surface area contributed by atoms with Crippen molar-refractivity contribution in [3.63, 3.8) is 0 Å². The Labute approximate surface area is 111 Å². The molecule has 3 rings (SSSR count). The largest absolute Gasteiger partial charge is 0.334 e. The quantitative estimate of drug-likeness (QED) is 0.689. The van der Waals surface area contributed by atoms with Crippen LogP contribution in [0.2, 0.25) is 0 Å². The van der Waals surface area contributed by atoms with E-state index in [2.05, 4.69) is 17.1 Å². The minimum Gasteiger partial charge on any atom is -0.334 e. The molecule has 3 heteroatoms. The number of hydrogen-bond acceptors (Lipinski definition) is 3. The van der Waals surface area contributed by atoms with Gasteiger partial charge in [0.2, 0.25) is 5.82 Å². The third kappa shape index (κ3) is 2.27. The molecule has 1 aromatic heterocycles. The second-order valence-electron chi connectivity index (χ2n) is 4.60. The Morgan fingerprint density at radius 1 is 0.895 bits per heavy atom. The predicted molar refractivity (Wildman–Crippen MR) is 74.6 cm³/mol. The van der Waals surface area contributed by atoms with Crippen molar-refractivity contribution in [3.05, 3.63) is 59.7 Å². The highest BCUT2D eigenvalue weighted by Gasteiger charge is 2.11. The monoisotopic (exact) mass is 250 g/mol. The first kappa shape index (κ1) is 11.7. The summed E-state index contributed by atoms with van der Waals surface area (Å²) in [4.78, 5) is 4.46. The van der Waals surface area contributed by atoms with Crippen LogP contribution in [0, 0.1) is 13.8 Å². The van der Waals surface area contributed by atoms with Crippen molar-refractivity contribution in [2.45, 2.75) is 13.8 Å². The molecule has 0 aliphatic heterocycles. The van der Waals surface area contributed by atoms with Crippen LogP contribution in [0.3, 0.4) is 0 Å². The number of rotatable bonds is 2. The third-order valence-corrected chi connectivity index (χ3v) is 3.11. The molecule has 1 heterocycles. The molecule has 0 amide bonds. The van der Waals surface area contributed by atoms with Gasteiger partial charge in [-0.1, -0.05) is 53.2 Å². The summed E-state index contributed by atoms with van der Waals surface area (Å²) in [6, 6.07) is 16.1. The van der Waals surface area contributed by atoms with E-state index < -0.39 is 0 Å². The van der Waals surface area contributed by atoms with E-state index in [-0.39, 0.29) is 0 Å². The second kappa shape index (κ2) is 4.69. The zero-order valence-electron chi connectivity index (χ0n) is 10.9. The number of hydrogen-bond donors (Lipinski definition) is 0. The first-order valence-corrected chi connectivity index (χ1v) is 6.21. The average Bonchev–Trinajstić information content (AvgIpc) is 2.89. The van der Waals surface area contributed by atoms with Crippen molar-refractivity contribution in [3.8, 4) is 22.8 Å². The molecule has 0 aliphatic rings. The van der Waals surface area contributed by atoms with Crippen LogP contribution in [-0.2, 0) is 0 Å². The van der Waals surface area contributed by atoms with Gasteiger partial charge in [-0.2, -0.15) is 4.98 Å². The molecule has 94 valence electrons. The maximum Gasteiger partial charge on any atom is 0.258 e. The van der Waals surface area contributed by atoms with Gasteiger partial charge in [0.1, 0.15) is 0 Å². The van der Waals surface area contributed by atoms with E-state index in [0.29, 0.717) is 11.7 Å². The van der Waals surface area contributed by atoms with E-state index in [0.717, 1.165) is 16.7 Å². The first-order chi connectivity index (χ1) is 9.24. The SMILES string of the molecule is Cc1ccc(-c2noc(-c3ccccc3C)n2)cc1. The van der Waals surface area contributed by atoms with Crippen molar-refractivity contribution in [2.24, 2.45) is 0 Å². The maximum atomic E-state index is 5.36. The molecule has 0 radical (unpaired) electrons. The van der Waals surface area contributed by atoms with Gasteiger partial charge in [0.05, 0.1) is 0 Å². The minimum atomic E-state index is 0.564. The highest BCUT2D eigenvalue weighted by Crippen LogP contribution is 2.24. The topological polar surface area (TPSA) is 38.9 Å². The Kier molecular flexibility index (Phi) is 2.88. The third-order valence-electron chi connectivity index (χ3n) is 3.11. The molecule has 0 spiro atoms. The number of aryl methyl sites for hydroxylation is 2. The molecule has 3 aromatic rings. The fourth-order valence-electron chi connectivity index (χ4n) is 1.97. The van der Waals surface area contributed by atoms with Crippen LogP contribution in [0.25, 0.3) is 22.8 Å². The summed E-state index contributed by atoms with van der Waals surface area (Å²) >= 11 is 0. The predicted octanol–water partition coefficient (Wildman–Crippen LogP) is 4.02. The van der Waals surface area contributed by atoms with E-state index in [9.17, 15) is 0 Å². The number of benzene rings is 2. The normalized spacial score (nSPS) is 10.6. The van der Waals surface area contributed by atoms with Crippen LogP contribution in [0.15, 0.2) is 53.1 Å². The molecule has 19 heavy (non-hydrogen) atoms. The number of nitrogens with zero attached hydrogens (tertiary/aromatic N) is 2. The lowest BCUT2D eigenvalue weighted by molar-refractivity contribution is 0.432.